The number of nitrogens with one attached hydrogen (secondary N) is 1. The van der Waals surface area contributed by atoms with E-state index in [1.165, 1.54) is 57.9 Å². The van der Waals surface area contributed by atoms with Crippen LogP contribution in [0.15, 0.2) is 12.2 Å². The van der Waals surface area contributed by atoms with Gasteiger partial charge in [0.25, 0.3) is 0 Å². The van der Waals surface area contributed by atoms with Gasteiger partial charge in [-0.1, -0.05) is 51.2 Å². The van der Waals surface area contributed by atoms with Crippen LogP contribution in [0, 0.1) is 17.8 Å². The summed E-state index contributed by atoms with van der Waals surface area (Å²) >= 11 is 0. The molecule has 98 valence electrons. The van der Waals surface area contributed by atoms with E-state index in [1.807, 2.05) is 0 Å². The van der Waals surface area contributed by atoms with E-state index in [0.717, 1.165) is 24.3 Å². The van der Waals surface area contributed by atoms with Gasteiger partial charge in [0, 0.05) is 6.54 Å². The zero-order valence-electron chi connectivity index (χ0n) is 11.5. The molecule has 1 heteroatoms. The first-order chi connectivity index (χ1) is 8.36. The molecule has 2 rings (SSSR count). The molecule has 1 aliphatic carbocycles. The minimum atomic E-state index is 0.789. The van der Waals surface area contributed by atoms with Crippen molar-refractivity contribution in [1.82, 2.24) is 5.32 Å². The highest BCUT2D eigenvalue weighted by Crippen LogP contribution is 2.46. The van der Waals surface area contributed by atoms with Crippen LogP contribution >= 0.6 is 0 Å². The molecule has 1 unspecified atom stereocenters. The van der Waals surface area contributed by atoms with Gasteiger partial charge in [-0.05, 0) is 43.6 Å². The molecule has 1 fully saturated rings. The van der Waals surface area contributed by atoms with Crippen molar-refractivity contribution in [2.75, 3.05) is 13.1 Å². The second kappa shape index (κ2) is 7.20. The number of hydrogen-bond acceptors (Lipinski definition) is 1. The number of hydrogen-bond donors (Lipinski definition) is 1. The van der Waals surface area contributed by atoms with E-state index in [0.29, 0.717) is 0 Å². The molecule has 1 saturated carbocycles. The Kier molecular flexibility index (Phi) is 5.57. The summed E-state index contributed by atoms with van der Waals surface area (Å²) in [7, 11) is 0. The molecule has 0 saturated heterocycles. The predicted octanol–water partition coefficient (Wildman–Crippen LogP) is 4.15. The van der Waals surface area contributed by atoms with Gasteiger partial charge in [0.15, 0.2) is 0 Å². The summed E-state index contributed by atoms with van der Waals surface area (Å²) in [6.07, 6.45) is 16.4. The smallest absolute Gasteiger partial charge is 0.0134 e. The lowest BCUT2D eigenvalue weighted by molar-refractivity contribution is 0.511. The Hall–Kier alpha value is -0.300. The third kappa shape index (κ3) is 5.25. The average molecular weight is 235 g/mol. The first-order valence-corrected chi connectivity index (χ1v) is 7.73. The summed E-state index contributed by atoms with van der Waals surface area (Å²) in [5, 5.41) is 3.51. The van der Waals surface area contributed by atoms with Crippen LogP contribution in [0.5, 0.6) is 0 Å². The van der Waals surface area contributed by atoms with E-state index in [9.17, 15) is 0 Å². The Bertz CT molecular complexity index is 234. The maximum Gasteiger partial charge on any atom is 0.0134 e. The van der Waals surface area contributed by atoms with Crippen molar-refractivity contribution in [2.45, 2.75) is 58.3 Å². The summed E-state index contributed by atoms with van der Waals surface area (Å²) in [5.74, 6) is 2.94. The molecule has 0 amide bonds. The number of fused-ring (bicyclic) bond motifs is 1. The zero-order valence-corrected chi connectivity index (χ0v) is 11.5. The second-order valence-corrected chi connectivity index (χ2v) is 6.16. The molecule has 17 heavy (non-hydrogen) atoms. The van der Waals surface area contributed by atoms with Crippen molar-refractivity contribution in [1.29, 1.82) is 0 Å². The van der Waals surface area contributed by atoms with Gasteiger partial charge in [-0.3, -0.25) is 0 Å². The van der Waals surface area contributed by atoms with E-state index in [4.69, 9.17) is 0 Å². The van der Waals surface area contributed by atoms with Gasteiger partial charge >= 0.3 is 0 Å². The molecular weight excluding hydrogens is 206 g/mol. The van der Waals surface area contributed by atoms with Crippen LogP contribution in [0.2, 0.25) is 0 Å². The maximum atomic E-state index is 3.51. The summed E-state index contributed by atoms with van der Waals surface area (Å²) in [5.41, 5.74) is 0. The van der Waals surface area contributed by atoms with Crippen molar-refractivity contribution in [3.63, 3.8) is 0 Å². The van der Waals surface area contributed by atoms with Crippen molar-refractivity contribution in [3.05, 3.63) is 12.2 Å². The second-order valence-electron chi connectivity index (χ2n) is 6.16. The third-order valence-corrected chi connectivity index (χ3v) is 4.40. The van der Waals surface area contributed by atoms with Crippen LogP contribution in [0.25, 0.3) is 0 Å². The van der Waals surface area contributed by atoms with Gasteiger partial charge in [-0.15, -0.1) is 0 Å². The highest BCUT2D eigenvalue weighted by molar-refractivity contribution is 4.94. The van der Waals surface area contributed by atoms with Gasteiger partial charge in [-0.2, -0.15) is 0 Å². The van der Waals surface area contributed by atoms with Gasteiger partial charge in [-0.25, -0.2) is 0 Å². The standard InChI is InChI=1S/C16H29N/c1-14-8-7-11-17-10-6-4-2-3-5-9-15-13-16(15)12-14/h7-8,14-17H,2-6,9-13H2,1H3/b8-7-/t14?,15-,16+/m1/s1. The minimum Gasteiger partial charge on any atom is -0.313 e. The lowest BCUT2D eigenvalue weighted by atomic mass is 10.0. The van der Waals surface area contributed by atoms with E-state index in [2.05, 4.69) is 24.4 Å². The molecule has 1 nitrogen and oxygen atoms in total. The first-order valence-electron chi connectivity index (χ1n) is 7.73. The Morgan fingerprint density at radius 2 is 1.76 bits per heavy atom. The molecule has 2 aliphatic rings. The van der Waals surface area contributed by atoms with Crippen molar-refractivity contribution in [2.24, 2.45) is 17.8 Å². The summed E-state index contributed by atoms with van der Waals surface area (Å²) in [6.45, 7) is 4.65. The lowest BCUT2D eigenvalue weighted by Gasteiger charge is -2.05. The van der Waals surface area contributed by atoms with Crippen LogP contribution in [0.4, 0.5) is 0 Å². The monoisotopic (exact) mass is 235 g/mol. The van der Waals surface area contributed by atoms with Gasteiger partial charge in [0.2, 0.25) is 0 Å². The molecular formula is C16H29N. The molecule has 1 aliphatic heterocycles. The van der Waals surface area contributed by atoms with E-state index in [-0.39, 0.29) is 0 Å². The van der Waals surface area contributed by atoms with Crippen LogP contribution in [-0.2, 0) is 0 Å². The van der Waals surface area contributed by atoms with E-state index >= 15 is 0 Å². The topological polar surface area (TPSA) is 12.0 Å². The number of rotatable bonds is 0. The van der Waals surface area contributed by atoms with Crippen LogP contribution in [0.3, 0.4) is 0 Å². The Labute approximate surface area is 107 Å². The number of allylic oxidation sites excluding steroid dienone is 1. The third-order valence-electron chi connectivity index (χ3n) is 4.40. The van der Waals surface area contributed by atoms with Crippen molar-refractivity contribution >= 4 is 0 Å². The zero-order chi connectivity index (χ0) is 11.9. The van der Waals surface area contributed by atoms with Crippen LogP contribution in [0.1, 0.15) is 58.3 Å². The van der Waals surface area contributed by atoms with Crippen LogP contribution in [-0.4, -0.2) is 13.1 Å². The Balaban J connectivity index is 1.73. The van der Waals surface area contributed by atoms with Gasteiger partial charge in [0.05, 0.1) is 0 Å². The summed E-state index contributed by atoms with van der Waals surface area (Å²) < 4.78 is 0. The van der Waals surface area contributed by atoms with Crippen LogP contribution < -0.4 is 5.32 Å². The highest BCUT2D eigenvalue weighted by Gasteiger charge is 2.36. The van der Waals surface area contributed by atoms with E-state index in [1.54, 1.807) is 0 Å². The molecule has 1 N–H and O–H groups in total. The normalized spacial score (nSPS) is 38.5. The predicted molar refractivity (Wildman–Crippen MR) is 75.1 cm³/mol. The molecule has 0 aromatic rings. The quantitative estimate of drug-likeness (QED) is 0.622. The summed E-state index contributed by atoms with van der Waals surface area (Å²) in [4.78, 5) is 0. The lowest BCUT2D eigenvalue weighted by Crippen LogP contribution is -2.15. The Morgan fingerprint density at radius 1 is 0.941 bits per heavy atom. The molecule has 0 aromatic heterocycles. The molecule has 1 heterocycles. The molecule has 0 aromatic carbocycles. The van der Waals surface area contributed by atoms with Crippen molar-refractivity contribution in [3.8, 4) is 0 Å². The SMILES string of the molecule is CC1/C=C\CNCCCCCCC[C@@H]2C[C@@H]2C1. The largest absolute Gasteiger partial charge is 0.313 e. The molecule has 3 atom stereocenters. The summed E-state index contributed by atoms with van der Waals surface area (Å²) in [6, 6.07) is 0. The average Bonchev–Trinajstić information content (AvgIpc) is 3.03. The Morgan fingerprint density at radius 3 is 2.71 bits per heavy atom. The van der Waals surface area contributed by atoms with Gasteiger partial charge < -0.3 is 5.32 Å². The fourth-order valence-corrected chi connectivity index (χ4v) is 3.18. The van der Waals surface area contributed by atoms with Gasteiger partial charge in [0.1, 0.15) is 0 Å². The molecule has 0 radical (unpaired) electrons. The highest BCUT2D eigenvalue weighted by atomic mass is 14.8. The minimum absolute atomic E-state index is 0.789. The fraction of sp³-hybridized carbons (Fsp3) is 0.875. The fourth-order valence-electron chi connectivity index (χ4n) is 3.18. The maximum absolute atomic E-state index is 3.51. The molecule has 0 bridgehead atoms. The first kappa shape index (κ1) is 13.1. The van der Waals surface area contributed by atoms with Crippen molar-refractivity contribution < 1.29 is 0 Å². The van der Waals surface area contributed by atoms with E-state index < -0.39 is 0 Å². The molecule has 0 spiro atoms.